The fraction of sp³-hybridized carbons (Fsp3) is 0.800. The molecule has 2 fully saturated rings. The summed E-state index contributed by atoms with van der Waals surface area (Å²) < 4.78 is 11.1. The zero-order chi connectivity index (χ0) is 17.2. The van der Waals surface area contributed by atoms with Crippen LogP contribution in [-0.4, -0.2) is 81.9 Å². The van der Waals surface area contributed by atoms with Crippen LogP contribution in [0.2, 0.25) is 0 Å². The highest BCUT2D eigenvalue weighted by Crippen LogP contribution is 2.11. The van der Waals surface area contributed by atoms with Crippen molar-refractivity contribution in [3.8, 4) is 0 Å². The quantitative estimate of drug-likeness (QED) is 0.221. The van der Waals surface area contributed by atoms with E-state index in [2.05, 4.69) is 20.9 Å². The third-order valence-corrected chi connectivity index (χ3v) is 3.87. The topological polar surface area (TPSA) is 104 Å². The molecule has 3 amide bonds. The monoisotopic (exact) mass is 341 g/mol. The lowest BCUT2D eigenvalue weighted by Gasteiger charge is -2.15. The average molecular weight is 341 g/mol. The molecule has 1 unspecified atom stereocenters. The molecule has 2 aliphatic heterocycles. The van der Waals surface area contributed by atoms with Crippen LogP contribution in [0.5, 0.6) is 0 Å². The number of carbonyl (C=O) groups excluding carboxylic acids is 2. The highest BCUT2D eigenvalue weighted by molar-refractivity contribution is 6.01. The molecule has 0 aromatic carbocycles. The fourth-order valence-corrected chi connectivity index (χ4v) is 2.56. The van der Waals surface area contributed by atoms with Crippen molar-refractivity contribution in [1.82, 2.24) is 20.9 Å². The van der Waals surface area contributed by atoms with Gasteiger partial charge in [0.2, 0.25) is 5.91 Å². The maximum absolute atomic E-state index is 11.4. The second-order valence-corrected chi connectivity index (χ2v) is 5.69. The third kappa shape index (κ3) is 5.97. The number of nitrogens with one attached hydrogen (secondary N) is 3. The molecule has 9 nitrogen and oxygen atoms in total. The van der Waals surface area contributed by atoms with E-state index in [-0.39, 0.29) is 24.6 Å². The molecule has 2 heterocycles. The minimum Gasteiger partial charge on any atom is -0.379 e. The second kappa shape index (κ2) is 10.1. The second-order valence-electron chi connectivity index (χ2n) is 5.69. The van der Waals surface area contributed by atoms with E-state index < -0.39 is 0 Å². The van der Waals surface area contributed by atoms with Gasteiger partial charge >= 0.3 is 6.03 Å². The van der Waals surface area contributed by atoms with Crippen LogP contribution in [0, 0.1) is 0 Å². The normalized spacial score (nSPS) is 21.3. The molecule has 0 aromatic heterocycles. The first kappa shape index (κ1) is 18.5. The summed E-state index contributed by atoms with van der Waals surface area (Å²) in [6.07, 6.45) is 3.34. The highest BCUT2D eigenvalue weighted by Gasteiger charge is 2.27. The maximum atomic E-state index is 11.4. The van der Waals surface area contributed by atoms with Crippen LogP contribution >= 0.6 is 0 Å². The Bertz CT molecular complexity index is 435. The highest BCUT2D eigenvalue weighted by atomic mass is 16.5. The number of carbonyl (C=O) groups is 2. The van der Waals surface area contributed by atoms with Crippen molar-refractivity contribution < 1.29 is 19.1 Å². The molecule has 0 aliphatic carbocycles. The van der Waals surface area contributed by atoms with Crippen molar-refractivity contribution in [2.24, 2.45) is 4.99 Å². The SMILES string of the molecule is CN=C(NCCCOCC1CCCO1)NCCN1C(=O)CNC1=O. The first-order valence-corrected chi connectivity index (χ1v) is 8.42. The van der Waals surface area contributed by atoms with Gasteiger partial charge in [-0.3, -0.25) is 14.7 Å². The number of urea groups is 1. The third-order valence-electron chi connectivity index (χ3n) is 3.87. The van der Waals surface area contributed by atoms with E-state index in [0.29, 0.717) is 32.3 Å². The van der Waals surface area contributed by atoms with Gasteiger partial charge in [0.1, 0.15) is 0 Å². The molecule has 2 rings (SSSR count). The van der Waals surface area contributed by atoms with E-state index in [1.54, 1.807) is 7.05 Å². The summed E-state index contributed by atoms with van der Waals surface area (Å²) in [5.74, 6) is 0.439. The molecule has 0 spiro atoms. The Morgan fingerprint density at radius 2 is 2.25 bits per heavy atom. The largest absolute Gasteiger partial charge is 0.379 e. The van der Waals surface area contributed by atoms with Gasteiger partial charge < -0.3 is 25.4 Å². The lowest BCUT2D eigenvalue weighted by Crippen LogP contribution is -2.43. The number of ether oxygens (including phenoxy) is 2. The number of imide groups is 1. The predicted molar refractivity (Wildman–Crippen MR) is 88.9 cm³/mol. The standard InChI is InChI=1S/C15H27N5O4/c1-16-14(18-6-7-20-13(21)10-19-15(20)22)17-5-3-8-23-11-12-4-2-9-24-12/h12H,2-11H2,1H3,(H,19,22)(H2,16,17,18). The zero-order valence-electron chi connectivity index (χ0n) is 14.2. The first-order valence-electron chi connectivity index (χ1n) is 8.42. The predicted octanol–water partition coefficient (Wildman–Crippen LogP) is -0.711. The van der Waals surface area contributed by atoms with Gasteiger partial charge in [0, 0.05) is 39.9 Å². The van der Waals surface area contributed by atoms with Crippen molar-refractivity contribution >= 4 is 17.9 Å². The number of hydrogen-bond donors (Lipinski definition) is 3. The lowest BCUT2D eigenvalue weighted by molar-refractivity contribution is -0.124. The molecule has 0 bridgehead atoms. The van der Waals surface area contributed by atoms with Crippen LogP contribution in [0.3, 0.4) is 0 Å². The number of aliphatic imine (C=N–C) groups is 1. The van der Waals surface area contributed by atoms with Crippen LogP contribution in [0.1, 0.15) is 19.3 Å². The Hall–Kier alpha value is -1.87. The number of hydrogen-bond acceptors (Lipinski definition) is 5. The van der Waals surface area contributed by atoms with E-state index in [4.69, 9.17) is 9.47 Å². The van der Waals surface area contributed by atoms with Crippen molar-refractivity contribution in [2.45, 2.75) is 25.4 Å². The lowest BCUT2D eigenvalue weighted by atomic mass is 10.2. The molecule has 1 atom stereocenters. The Kier molecular flexibility index (Phi) is 7.76. The molecular weight excluding hydrogens is 314 g/mol. The van der Waals surface area contributed by atoms with Gasteiger partial charge in [-0.05, 0) is 19.3 Å². The molecule has 2 aliphatic rings. The Morgan fingerprint density at radius 3 is 2.92 bits per heavy atom. The van der Waals surface area contributed by atoms with Crippen molar-refractivity contribution in [1.29, 1.82) is 0 Å². The molecule has 136 valence electrons. The number of nitrogens with zero attached hydrogens (tertiary/aromatic N) is 2. The van der Waals surface area contributed by atoms with Crippen molar-refractivity contribution in [2.75, 3.05) is 53.0 Å². The minimum atomic E-state index is -0.340. The number of rotatable bonds is 9. The number of guanidine groups is 1. The minimum absolute atomic E-state index is 0.0811. The smallest absolute Gasteiger partial charge is 0.324 e. The van der Waals surface area contributed by atoms with Gasteiger partial charge in [-0.25, -0.2) is 4.79 Å². The summed E-state index contributed by atoms with van der Waals surface area (Å²) in [6, 6.07) is -0.340. The van der Waals surface area contributed by atoms with Crippen LogP contribution in [-0.2, 0) is 14.3 Å². The van der Waals surface area contributed by atoms with E-state index >= 15 is 0 Å². The molecule has 2 saturated heterocycles. The van der Waals surface area contributed by atoms with Crippen LogP contribution in [0.4, 0.5) is 4.79 Å². The Morgan fingerprint density at radius 1 is 1.42 bits per heavy atom. The van der Waals surface area contributed by atoms with Gasteiger partial charge in [0.15, 0.2) is 5.96 Å². The van der Waals surface area contributed by atoms with E-state index in [1.807, 2.05) is 0 Å². The zero-order valence-corrected chi connectivity index (χ0v) is 14.2. The summed E-state index contributed by atoms with van der Waals surface area (Å²) in [5, 5.41) is 8.73. The van der Waals surface area contributed by atoms with E-state index in [0.717, 1.165) is 32.4 Å². The summed E-state index contributed by atoms with van der Waals surface area (Å²) in [4.78, 5) is 28.1. The first-order chi connectivity index (χ1) is 11.7. The molecule has 24 heavy (non-hydrogen) atoms. The van der Waals surface area contributed by atoms with Crippen molar-refractivity contribution in [3.63, 3.8) is 0 Å². The summed E-state index contributed by atoms with van der Waals surface area (Å²) in [5.41, 5.74) is 0. The van der Waals surface area contributed by atoms with Gasteiger partial charge in [-0.15, -0.1) is 0 Å². The van der Waals surface area contributed by atoms with Crippen LogP contribution in [0.15, 0.2) is 4.99 Å². The average Bonchev–Trinajstić information content (AvgIpc) is 3.20. The fourth-order valence-electron chi connectivity index (χ4n) is 2.56. The molecule has 9 heteroatoms. The molecule has 0 aromatic rings. The number of amides is 3. The van der Waals surface area contributed by atoms with Gasteiger partial charge in [0.25, 0.3) is 0 Å². The Balaban J connectivity index is 1.49. The molecular formula is C15H27N5O4. The molecule has 0 saturated carbocycles. The van der Waals surface area contributed by atoms with Gasteiger partial charge in [-0.2, -0.15) is 0 Å². The Labute approximate surface area is 142 Å². The summed E-state index contributed by atoms with van der Waals surface area (Å²) in [7, 11) is 1.68. The maximum Gasteiger partial charge on any atom is 0.324 e. The van der Waals surface area contributed by atoms with Gasteiger partial charge in [0.05, 0.1) is 19.3 Å². The van der Waals surface area contributed by atoms with Crippen LogP contribution in [0.25, 0.3) is 0 Å². The van der Waals surface area contributed by atoms with Gasteiger partial charge in [-0.1, -0.05) is 0 Å². The van der Waals surface area contributed by atoms with Crippen molar-refractivity contribution in [3.05, 3.63) is 0 Å². The molecule has 0 radical (unpaired) electrons. The molecule has 3 N–H and O–H groups in total. The summed E-state index contributed by atoms with van der Waals surface area (Å²) in [6.45, 7) is 3.77. The van der Waals surface area contributed by atoms with E-state index in [1.165, 1.54) is 4.90 Å². The van der Waals surface area contributed by atoms with Crippen LogP contribution < -0.4 is 16.0 Å². The summed E-state index contributed by atoms with van der Waals surface area (Å²) >= 11 is 0. The van der Waals surface area contributed by atoms with E-state index in [9.17, 15) is 9.59 Å².